The molecule has 2 N–H and O–H groups in total. The number of ether oxygens (including phenoxy) is 3. The van der Waals surface area contributed by atoms with Crippen molar-refractivity contribution in [1.29, 1.82) is 0 Å². The molecule has 0 amide bonds. The van der Waals surface area contributed by atoms with Gasteiger partial charge in [-0.2, -0.15) is 0 Å². The van der Waals surface area contributed by atoms with Gasteiger partial charge in [-0.1, -0.05) is 81.7 Å². The summed E-state index contributed by atoms with van der Waals surface area (Å²) >= 11 is 33.6. The van der Waals surface area contributed by atoms with E-state index in [9.17, 15) is 14.4 Å². The standard InChI is InChI=1S/C11H13ClO2.C9H8Cl2O2.C9H9ClO2.2C6H5ClO/c1-8(13)11(2,3)14-10-6-4-9(12)5-7-10;1-6(12)9(11)13-8-4-2-7(10)3-5-8;1-7(11)6-12-9-4-2-8(10)3-5-9;7-5-1-3-6(8)4-2-5;7-5-3-1-2-4-6(5)8/h4-7H,1-3H3;2-5,9H,1H3;2-5H,6H2,1H3;2*1-4,8H. The Hall–Kier alpha value is -4.15. The molecule has 0 heterocycles. The Labute approximate surface area is 351 Å². The van der Waals surface area contributed by atoms with Gasteiger partial charge in [-0.25, -0.2) is 0 Å². The number of hydrogen-bond acceptors (Lipinski definition) is 8. The Morgan fingerprint density at radius 1 is 0.600 bits per heavy atom. The van der Waals surface area contributed by atoms with Crippen molar-refractivity contribution in [3.05, 3.63) is 146 Å². The largest absolute Gasteiger partial charge is 0.508 e. The smallest absolute Gasteiger partial charge is 0.229 e. The number of ketones is 3. The molecule has 5 rings (SSSR count). The molecular weight excluding hydrogens is 833 g/mol. The zero-order chi connectivity index (χ0) is 41.6. The van der Waals surface area contributed by atoms with Crippen molar-refractivity contribution < 1.29 is 38.8 Å². The third-order valence-electron chi connectivity index (χ3n) is 6.34. The minimum Gasteiger partial charge on any atom is -0.508 e. The molecule has 0 saturated carbocycles. The summed E-state index contributed by atoms with van der Waals surface area (Å²) in [5, 5.41) is 20.4. The average molecular weight is 873 g/mol. The second-order valence-corrected chi connectivity index (χ2v) is 14.0. The number of Topliss-reactive ketones (excluding diaryl/α,β-unsaturated/α-hetero) is 3. The van der Waals surface area contributed by atoms with Crippen LogP contribution in [0.25, 0.3) is 0 Å². The first-order chi connectivity index (χ1) is 25.8. The molecule has 55 heavy (non-hydrogen) atoms. The molecule has 0 aliphatic heterocycles. The van der Waals surface area contributed by atoms with Crippen LogP contribution in [0.3, 0.4) is 0 Å². The summed E-state index contributed by atoms with van der Waals surface area (Å²) < 4.78 is 15.7. The Morgan fingerprint density at radius 2 is 1.00 bits per heavy atom. The molecule has 1 unspecified atom stereocenters. The number of phenols is 2. The van der Waals surface area contributed by atoms with Crippen LogP contribution in [-0.2, 0) is 14.4 Å². The van der Waals surface area contributed by atoms with Crippen LogP contribution in [0, 0.1) is 0 Å². The van der Waals surface area contributed by atoms with Crippen LogP contribution in [0.5, 0.6) is 28.7 Å². The van der Waals surface area contributed by atoms with Gasteiger partial charge in [-0.05, 0) is 144 Å². The minimum atomic E-state index is -0.929. The fraction of sp³-hybridized carbons (Fsp3) is 0.195. The third kappa shape index (κ3) is 22.7. The Kier molecular flexibility index (Phi) is 23.0. The van der Waals surface area contributed by atoms with Crippen LogP contribution < -0.4 is 14.2 Å². The average Bonchev–Trinajstić information content (AvgIpc) is 3.13. The number of alkyl halides is 1. The predicted octanol–water partition coefficient (Wildman–Crippen LogP) is 12.4. The lowest BCUT2D eigenvalue weighted by molar-refractivity contribution is -0.129. The zero-order valence-electron chi connectivity index (χ0n) is 30.4. The Morgan fingerprint density at radius 3 is 1.35 bits per heavy atom. The number of carbonyl (C=O) groups excluding carboxylic acids is 3. The van der Waals surface area contributed by atoms with E-state index < -0.39 is 11.2 Å². The van der Waals surface area contributed by atoms with E-state index in [1.54, 1.807) is 135 Å². The van der Waals surface area contributed by atoms with E-state index in [-0.39, 0.29) is 35.5 Å². The molecule has 5 aromatic rings. The summed E-state index contributed by atoms with van der Waals surface area (Å²) in [5.41, 5.74) is -1.71. The van der Waals surface area contributed by atoms with E-state index in [2.05, 4.69) is 0 Å². The van der Waals surface area contributed by atoms with Crippen LogP contribution in [0.2, 0.25) is 25.1 Å². The molecular formula is C41H40Cl6O8. The van der Waals surface area contributed by atoms with Crippen molar-refractivity contribution in [3.63, 3.8) is 0 Å². The first-order valence-corrected chi connectivity index (χ1v) is 18.4. The topological polar surface area (TPSA) is 119 Å². The van der Waals surface area contributed by atoms with Gasteiger partial charge < -0.3 is 24.4 Å². The van der Waals surface area contributed by atoms with Gasteiger partial charge in [0, 0.05) is 20.1 Å². The second-order valence-electron chi connectivity index (χ2n) is 11.5. The number of halogens is 6. The molecule has 294 valence electrons. The molecule has 0 fully saturated rings. The quantitative estimate of drug-likeness (QED) is 0.141. The number of carbonyl (C=O) groups is 3. The summed E-state index contributed by atoms with van der Waals surface area (Å²) in [4.78, 5) is 32.5. The molecule has 1 atom stereocenters. The fourth-order valence-corrected chi connectivity index (χ4v) is 3.94. The maximum absolute atomic E-state index is 11.2. The van der Waals surface area contributed by atoms with Gasteiger partial charge in [0.25, 0.3) is 0 Å². The van der Waals surface area contributed by atoms with Crippen molar-refractivity contribution in [1.82, 2.24) is 0 Å². The van der Waals surface area contributed by atoms with E-state index in [1.807, 2.05) is 0 Å². The maximum Gasteiger partial charge on any atom is 0.229 e. The summed E-state index contributed by atoms with van der Waals surface area (Å²) in [6.45, 7) is 7.95. The highest BCUT2D eigenvalue weighted by Gasteiger charge is 2.25. The van der Waals surface area contributed by atoms with Gasteiger partial charge in [0.1, 0.15) is 35.4 Å². The molecule has 0 aliphatic rings. The SMILES string of the molecule is CC(=O)C(C)(C)Oc1ccc(Cl)cc1.CC(=O)C(Cl)Oc1ccc(Cl)cc1.CC(=O)COc1ccc(Cl)cc1.Oc1ccc(Cl)cc1.Oc1ccccc1Cl. The van der Waals surface area contributed by atoms with Crippen molar-refractivity contribution in [3.8, 4) is 28.7 Å². The third-order valence-corrected chi connectivity index (χ3v) is 8.07. The van der Waals surface area contributed by atoms with Crippen LogP contribution in [-0.4, -0.2) is 45.3 Å². The number of para-hydroxylation sites is 1. The van der Waals surface area contributed by atoms with E-state index in [4.69, 9.17) is 94.0 Å². The van der Waals surface area contributed by atoms with Crippen LogP contribution in [0.15, 0.2) is 121 Å². The minimum absolute atomic E-state index is 0.00458. The lowest BCUT2D eigenvalue weighted by atomic mass is 10.1. The summed E-state index contributed by atoms with van der Waals surface area (Å²) in [6.07, 6.45) is 0. The first kappa shape index (κ1) is 48.9. The van der Waals surface area contributed by atoms with Crippen LogP contribution in [0.1, 0.15) is 34.6 Å². The van der Waals surface area contributed by atoms with Gasteiger partial charge in [0.15, 0.2) is 23.0 Å². The first-order valence-electron chi connectivity index (χ1n) is 16.1. The second kappa shape index (κ2) is 25.8. The summed E-state index contributed by atoms with van der Waals surface area (Å²) in [5.74, 6) is 1.99. The Balaban J connectivity index is 0.000000349. The van der Waals surface area contributed by atoms with Gasteiger partial charge in [-0.3, -0.25) is 14.4 Å². The number of rotatable bonds is 9. The van der Waals surface area contributed by atoms with Crippen molar-refractivity contribution in [2.24, 2.45) is 0 Å². The lowest BCUT2D eigenvalue weighted by Gasteiger charge is -2.23. The molecule has 0 spiro atoms. The normalized spacial score (nSPS) is 10.5. The molecule has 14 heteroatoms. The van der Waals surface area contributed by atoms with E-state index in [1.165, 1.54) is 20.8 Å². The molecule has 0 radical (unpaired) electrons. The Bertz CT molecular complexity index is 1840. The molecule has 5 aromatic carbocycles. The highest BCUT2D eigenvalue weighted by atomic mass is 35.5. The molecule has 0 aromatic heterocycles. The highest BCUT2D eigenvalue weighted by molar-refractivity contribution is 6.32. The number of hydrogen-bond donors (Lipinski definition) is 2. The molecule has 0 saturated heterocycles. The van der Waals surface area contributed by atoms with E-state index in [0.29, 0.717) is 42.4 Å². The zero-order valence-corrected chi connectivity index (χ0v) is 35.0. The molecule has 8 nitrogen and oxygen atoms in total. The molecule has 0 aliphatic carbocycles. The summed E-state index contributed by atoms with van der Waals surface area (Å²) in [6, 6.07) is 33.5. The van der Waals surface area contributed by atoms with Gasteiger partial charge >= 0.3 is 0 Å². The van der Waals surface area contributed by atoms with Crippen molar-refractivity contribution in [2.75, 3.05) is 6.61 Å². The predicted molar refractivity (Wildman–Crippen MR) is 223 cm³/mol. The van der Waals surface area contributed by atoms with Crippen molar-refractivity contribution in [2.45, 2.75) is 45.8 Å². The number of benzene rings is 5. The van der Waals surface area contributed by atoms with Gasteiger partial charge in [0.05, 0.1) is 5.02 Å². The van der Waals surface area contributed by atoms with E-state index >= 15 is 0 Å². The van der Waals surface area contributed by atoms with Crippen molar-refractivity contribution >= 4 is 87.0 Å². The van der Waals surface area contributed by atoms with Crippen LogP contribution >= 0.6 is 69.6 Å². The monoisotopic (exact) mass is 870 g/mol. The summed E-state index contributed by atoms with van der Waals surface area (Å²) in [7, 11) is 0. The van der Waals surface area contributed by atoms with E-state index in [0.717, 1.165) is 0 Å². The number of phenolic OH excluding ortho intramolecular Hbond substituents is 2. The highest BCUT2D eigenvalue weighted by Crippen LogP contribution is 2.22. The fourth-order valence-electron chi connectivity index (χ4n) is 3.19. The lowest BCUT2D eigenvalue weighted by Crippen LogP contribution is -2.36. The molecule has 0 bridgehead atoms. The van der Waals surface area contributed by atoms with Crippen LogP contribution in [0.4, 0.5) is 0 Å². The number of aromatic hydroxyl groups is 2. The van der Waals surface area contributed by atoms with Gasteiger partial charge in [0.2, 0.25) is 5.56 Å². The van der Waals surface area contributed by atoms with Gasteiger partial charge in [-0.15, -0.1) is 0 Å². The maximum atomic E-state index is 11.2.